The van der Waals surface area contributed by atoms with Crippen LogP contribution in [0, 0.1) is 11.8 Å². The molecule has 5 rings (SSSR count). The Morgan fingerprint density at radius 3 is 2.75 bits per heavy atom. The third-order valence-corrected chi connectivity index (χ3v) is 7.39. The Labute approximate surface area is 232 Å². The molecule has 3 aromatic rings. The SMILES string of the molecule is CC#CCn1c(N2CCCC(N)C2)c(C(=O)N2CCOCC2)c2ncn(CC(=O)c3cccc(OC)c3)c(=O)c21. The zero-order valence-corrected chi connectivity index (χ0v) is 22.9. The highest BCUT2D eigenvalue weighted by molar-refractivity contribution is 6.11. The Kier molecular flexibility index (Phi) is 8.19. The van der Waals surface area contributed by atoms with Crippen LogP contribution in [0.25, 0.3) is 11.0 Å². The van der Waals surface area contributed by atoms with Gasteiger partial charge in [-0.2, -0.15) is 0 Å². The van der Waals surface area contributed by atoms with Gasteiger partial charge in [-0.25, -0.2) is 4.98 Å². The molecule has 4 heterocycles. The molecule has 1 amide bonds. The molecule has 2 aliphatic rings. The molecule has 2 aliphatic heterocycles. The van der Waals surface area contributed by atoms with Crippen molar-refractivity contribution in [2.45, 2.75) is 38.9 Å². The summed E-state index contributed by atoms with van der Waals surface area (Å²) in [6.45, 7) is 4.73. The molecule has 1 unspecified atom stereocenters. The molecule has 0 radical (unpaired) electrons. The smallest absolute Gasteiger partial charge is 0.278 e. The molecule has 2 N–H and O–H groups in total. The first kappa shape index (κ1) is 27.4. The average molecular weight is 547 g/mol. The van der Waals surface area contributed by atoms with Crippen molar-refractivity contribution in [3.05, 3.63) is 52.1 Å². The summed E-state index contributed by atoms with van der Waals surface area (Å²) < 4.78 is 13.8. The topological polar surface area (TPSA) is 125 Å². The Morgan fingerprint density at radius 1 is 1.23 bits per heavy atom. The predicted octanol–water partition coefficient (Wildman–Crippen LogP) is 1.51. The Balaban J connectivity index is 1.66. The molecular weight excluding hydrogens is 512 g/mol. The maximum absolute atomic E-state index is 14.0. The van der Waals surface area contributed by atoms with E-state index in [0.717, 1.165) is 12.8 Å². The zero-order valence-electron chi connectivity index (χ0n) is 22.9. The number of fused-ring (bicyclic) bond motifs is 1. The lowest BCUT2D eigenvalue weighted by Gasteiger charge is -2.34. The summed E-state index contributed by atoms with van der Waals surface area (Å²) in [5, 5.41) is 0. The molecule has 0 aliphatic carbocycles. The first-order valence-electron chi connectivity index (χ1n) is 13.5. The fourth-order valence-electron chi connectivity index (χ4n) is 5.37. The molecular formula is C29H34N6O5. The third-order valence-electron chi connectivity index (χ3n) is 7.39. The quantitative estimate of drug-likeness (QED) is 0.349. The highest BCUT2D eigenvalue weighted by atomic mass is 16.5. The number of carbonyl (C=O) groups is 2. The van der Waals surface area contributed by atoms with E-state index in [-0.39, 0.29) is 36.3 Å². The van der Waals surface area contributed by atoms with E-state index in [1.54, 1.807) is 40.7 Å². The first-order valence-corrected chi connectivity index (χ1v) is 13.5. The number of nitrogens with two attached hydrogens (primary N) is 1. The molecule has 210 valence electrons. The van der Waals surface area contributed by atoms with Crippen LogP contribution in [0.1, 0.15) is 40.5 Å². The largest absolute Gasteiger partial charge is 0.497 e. The lowest BCUT2D eigenvalue weighted by molar-refractivity contribution is 0.0304. The summed E-state index contributed by atoms with van der Waals surface area (Å²) in [6.07, 6.45) is 3.09. The number of rotatable bonds is 7. The van der Waals surface area contributed by atoms with Crippen molar-refractivity contribution in [2.75, 3.05) is 51.4 Å². The molecule has 0 spiro atoms. The minimum absolute atomic E-state index is 0.0612. The molecule has 40 heavy (non-hydrogen) atoms. The van der Waals surface area contributed by atoms with Gasteiger partial charge in [-0.15, -0.1) is 5.92 Å². The number of methoxy groups -OCH3 is 1. The standard InChI is InChI=1S/C29H34N6O5/c1-3-4-11-35-26-25(31-19-34(29(26)38)18-23(36)20-7-5-9-22(16-20)39-2)24(28(37)32-12-14-40-15-13-32)27(35)33-10-6-8-21(30)17-33/h5,7,9,16,19,21H,6,8,10-15,17-18,30H2,1-2H3. The van der Waals surface area contributed by atoms with E-state index in [4.69, 9.17) is 15.2 Å². The minimum Gasteiger partial charge on any atom is -0.497 e. The second-order valence-corrected chi connectivity index (χ2v) is 9.99. The van der Waals surface area contributed by atoms with Gasteiger partial charge in [-0.1, -0.05) is 18.1 Å². The number of benzene rings is 1. The Hall–Kier alpha value is -4.14. The van der Waals surface area contributed by atoms with E-state index in [1.807, 2.05) is 0 Å². The van der Waals surface area contributed by atoms with Crippen molar-refractivity contribution in [1.29, 1.82) is 0 Å². The van der Waals surface area contributed by atoms with Crippen LogP contribution >= 0.6 is 0 Å². The van der Waals surface area contributed by atoms with Crippen molar-refractivity contribution < 1.29 is 19.1 Å². The summed E-state index contributed by atoms with van der Waals surface area (Å²) in [6, 6.07) is 6.73. The number of aromatic nitrogens is 3. The predicted molar refractivity (Wildman–Crippen MR) is 151 cm³/mol. The summed E-state index contributed by atoms with van der Waals surface area (Å²) in [5.74, 6) is 6.64. The van der Waals surface area contributed by atoms with Gasteiger partial charge in [0.15, 0.2) is 5.78 Å². The lowest BCUT2D eigenvalue weighted by atomic mass is 10.1. The van der Waals surface area contributed by atoms with E-state index < -0.39 is 5.56 Å². The fourth-order valence-corrected chi connectivity index (χ4v) is 5.37. The molecule has 11 nitrogen and oxygen atoms in total. The first-order chi connectivity index (χ1) is 19.4. The number of carbonyl (C=O) groups excluding carboxylic acids is 2. The molecule has 0 saturated carbocycles. The average Bonchev–Trinajstić information content (AvgIpc) is 3.32. The van der Waals surface area contributed by atoms with Crippen LogP contribution in [0.3, 0.4) is 0 Å². The maximum atomic E-state index is 14.0. The monoisotopic (exact) mass is 546 g/mol. The van der Waals surface area contributed by atoms with Gasteiger partial charge in [-0.3, -0.25) is 19.0 Å². The van der Waals surface area contributed by atoms with Gasteiger partial charge in [0.05, 0.1) is 39.7 Å². The molecule has 1 atom stereocenters. The van der Waals surface area contributed by atoms with Crippen LogP contribution in [0.5, 0.6) is 5.75 Å². The fraction of sp³-hybridized carbons (Fsp3) is 0.448. The number of hydrogen-bond donors (Lipinski definition) is 1. The van der Waals surface area contributed by atoms with Gasteiger partial charge < -0.3 is 29.6 Å². The van der Waals surface area contributed by atoms with E-state index >= 15 is 0 Å². The second kappa shape index (κ2) is 11.9. The van der Waals surface area contributed by atoms with Gasteiger partial charge >= 0.3 is 0 Å². The van der Waals surface area contributed by atoms with Crippen molar-refractivity contribution in [1.82, 2.24) is 19.0 Å². The van der Waals surface area contributed by atoms with Gasteiger partial charge in [0.25, 0.3) is 11.5 Å². The van der Waals surface area contributed by atoms with Gasteiger partial charge in [-0.05, 0) is 31.9 Å². The molecule has 2 fully saturated rings. The van der Waals surface area contributed by atoms with Crippen molar-refractivity contribution in [3.8, 4) is 17.6 Å². The number of Topliss-reactive ketones (excluding diaryl/α,β-unsaturated/α-hetero) is 1. The number of hydrogen-bond acceptors (Lipinski definition) is 8. The highest BCUT2D eigenvalue weighted by Gasteiger charge is 2.34. The molecule has 1 aromatic carbocycles. The second-order valence-electron chi connectivity index (χ2n) is 9.99. The van der Waals surface area contributed by atoms with Crippen LogP contribution in [0.15, 0.2) is 35.4 Å². The number of ether oxygens (including phenoxy) is 2. The molecule has 0 bridgehead atoms. The summed E-state index contributed by atoms with van der Waals surface area (Å²) >= 11 is 0. The zero-order chi connectivity index (χ0) is 28.2. The van der Waals surface area contributed by atoms with Crippen LogP contribution in [-0.2, 0) is 17.8 Å². The number of piperidine rings is 1. The Bertz CT molecular complexity index is 1540. The number of anilines is 1. The van der Waals surface area contributed by atoms with E-state index in [9.17, 15) is 14.4 Å². The van der Waals surface area contributed by atoms with Gasteiger partial charge in [0.2, 0.25) is 0 Å². The maximum Gasteiger partial charge on any atom is 0.278 e. The van der Waals surface area contributed by atoms with Gasteiger partial charge in [0, 0.05) is 37.8 Å². The molecule has 2 saturated heterocycles. The van der Waals surface area contributed by atoms with Crippen LogP contribution in [0.4, 0.5) is 5.82 Å². The molecule has 11 heteroatoms. The summed E-state index contributed by atoms with van der Waals surface area (Å²) in [7, 11) is 1.53. The Morgan fingerprint density at radius 2 is 2.02 bits per heavy atom. The summed E-state index contributed by atoms with van der Waals surface area (Å²) in [5.41, 5.74) is 7.27. The van der Waals surface area contributed by atoms with E-state index in [0.29, 0.717) is 67.6 Å². The van der Waals surface area contributed by atoms with Crippen LogP contribution in [0.2, 0.25) is 0 Å². The highest BCUT2D eigenvalue weighted by Crippen LogP contribution is 2.33. The van der Waals surface area contributed by atoms with Crippen molar-refractivity contribution >= 4 is 28.5 Å². The normalized spacial score (nSPS) is 17.4. The van der Waals surface area contributed by atoms with Crippen molar-refractivity contribution in [3.63, 3.8) is 0 Å². The minimum atomic E-state index is -0.414. The molecule has 2 aromatic heterocycles. The number of amides is 1. The number of morpholine rings is 1. The third kappa shape index (κ3) is 5.33. The van der Waals surface area contributed by atoms with E-state index in [1.165, 1.54) is 18.0 Å². The lowest BCUT2D eigenvalue weighted by Crippen LogP contribution is -2.45. The summed E-state index contributed by atoms with van der Waals surface area (Å²) in [4.78, 5) is 49.6. The van der Waals surface area contributed by atoms with Crippen LogP contribution < -0.4 is 20.9 Å². The van der Waals surface area contributed by atoms with E-state index in [2.05, 4.69) is 21.7 Å². The van der Waals surface area contributed by atoms with Crippen LogP contribution in [-0.4, -0.2) is 83.3 Å². The number of nitrogens with zero attached hydrogens (tertiary/aromatic N) is 5. The number of ketones is 1. The van der Waals surface area contributed by atoms with Gasteiger partial charge in [0.1, 0.15) is 28.2 Å². The van der Waals surface area contributed by atoms with Crippen molar-refractivity contribution in [2.24, 2.45) is 5.73 Å².